The molecule has 2 aromatic carbocycles. The number of benzene rings is 2. The van der Waals surface area contributed by atoms with Crippen LogP contribution in [0.5, 0.6) is 0 Å². The minimum Gasteiger partial charge on any atom is -0.395 e. The molecule has 8 nitrogen and oxygen atoms in total. The quantitative estimate of drug-likeness (QED) is 0.387. The first-order valence-corrected chi connectivity index (χ1v) is 17.5. The van der Waals surface area contributed by atoms with Gasteiger partial charge in [0.25, 0.3) is 5.91 Å². The zero-order valence-corrected chi connectivity index (χ0v) is 23.7. The number of carbonyl (C=O) groups excluding carboxylic acids is 1. The summed E-state index contributed by atoms with van der Waals surface area (Å²) in [5.74, 6) is -0.685. The first-order chi connectivity index (χ1) is 18.1. The predicted octanol–water partition coefficient (Wildman–Crippen LogP) is 4.61. The molecule has 206 valence electrons. The second kappa shape index (κ2) is 10.7. The number of carbonyl (C=O) groups is 1. The highest BCUT2D eigenvalue weighted by Crippen LogP contribution is 2.54. The fourth-order valence-electron chi connectivity index (χ4n) is 5.96. The van der Waals surface area contributed by atoms with Crippen molar-refractivity contribution in [2.24, 2.45) is 5.41 Å². The molecule has 1 atom stereocenters. The minimum atomic E-state index is -3.69. The molecule has 3 aliphatic rings. The van der Waals surface area contributed by atoms with Crippen molar-refractivity contribution in [3.05, 3.63) is 48.0 Å². The summed E-state index contributed by atoms with van der Waals surface area (Å²) < 4.78 is 40.7. The zero-order chi connectivity index (χ0) is 27.0. The van der Waals surface area contributed by atoms with E-state index in [1.165, 1.54) is 12.8 Å². The first-order valence-electron chi connectivity index (χ1n) is 13.6. The van der Waals surface area contributed by atoms with Gasteiger partial charge in [0.2, 0.25) is 10.0 Å². The van der Waals surface area contributed by atoms with Gasteiger partial charge in [0.05, 0.1) is 29.3 Å². The lowest BCUT2D eigenvalue weighted by molar-refractivity contribution is 0.102. The summed E-state index contributed by atoms with van der Waals surface area (Å²) in [6.45, 7) is 3.01. The number of hydrogen-bond acceptors (Lipinski definition) is 6. The average Bonchev–Trinajstić information content (AvgIpc) is 3.38. The summed E-state index contributed by atoms with van der Waals surface area (Å²) in [5, 5.41) is 12.9. The summed E-state index contributed by atoms with van der Waals surface area (Å²) in [7, 11) is -6.24. The molecule has 38 heavy (non-hydrogen) atoms. The number of sulfonamides is 1. The van der Waals surface area contributed by atoms with Crippen LogP contribution in [0, 0.1) is 5.41 Å². The Balaban J connectivity index is 1.40. The SMILES string of the molecule is CP(=O)(c1cccc(NC(=O)c2ccc(NS(=O)(=O)CCO)cc2N2CCC3(CC2)CC3)c1)C1CCCC1. The molecule has 2 saturated carbocycles. The van der Waals surface area contributed by atoms with Gasteiger partial charge in [-0.25, -0.2) is 8.42 Å². The molecule has 2 aliphatic carbocycles. The van der Waals surface area contributed by atoms with Gasteiger partial charge in [-0.05, 0) is 80.9 Å². The van der Waals surface area contributed by atoms with Crippen molar-refractivity contribution >= 4 is 45.4 Å². The van der Waals surface area contributed by atoms with Gasteiger partial charge in [-0.1, -0.05) is 25.0 Å². The molecule has 0 radical (unpaired) electrons. The summed E-state index contributed by atoms with van der Waals surface area (Å²) >= 11 is 0. The number of piperidine rings is 1. The van der Waals surface area contributed by atoms with Crippen LogP contribution in [-0.4, -0.2) is 57.2 Å². The molecular formula is C28H38N3O5PS. The topological polar surface area (TPSA) is 116 Å². The second-order valence-electron chi connectivity index (χ2n) is 11.3. The molecule has 3 N–H and O–H groups in total. The molecule has 1 saturated heterocycles. The van der Waals surface area contributed by atoms with E-state index >= 15 is 0 Å². The van der Waals surface area contributed by atoms with E-state index < -0.39 is 29.5 Å². The third-order valence-corrected chi connectivity index (χ3v) is 13.1. The van der Waals surface area contributed by atoms with Crippen molar-refractivity contribution in [1.82, 2.24) is 0 Å². The fourth-order valence-corrected chi connectivity index (χ4v) is 9.34. The van der Waals surface area contributed by atoms with Crippen molar-refractivity contribution in [1.29, 1.82) is 0 Å². The Labute approximate surface area is 225 Å². The number of anilines is 3. The first kappa shape index (κ1) is 27.2. The van der Waals surface area contributed by atoms with Crippen LogP contribution in [0.15, 0.2) is 42.5 Å². The molecule has 1 spiro atoms. The van der Waals surface area contributed by atoms with Gasteiger partial charge in [0.1, 0.15) is 7.14 Å². The van der Waals surface area contributed by atoms with Crippen molar-refractivity contribution in [2.45, 2.75) is 57.0 Å². The number of aliphatic hydroxyl groups excluding tert-OH is 1. The van der Waals surface area contributed by atoms with Gasteiger partial charge >= 0.3 is 0 Å². The third-order valence-electron chi connectivity index (χ3n) is 8.64. The van der Waals surface area contributed by atoms with Gasteiger partial charge in [-0.2, -0.15) is 0 Å². The Bertz CT molecular complexity index is 1340. The average molecular weight is 560 g/mol. The van der Waals surface area contributed by atoms with E-state index in [0.29, 0.717) is 28.0 Å². The molecule has 1 aliphatic heterocycles. The van der Waals surface area contributed by atoms with Crippen LogP contribution < -0.4 is 20.2 Å². The van der Waals surface area contributed by atoms with E-state index in [9.17, 15) is 17.8 Å². The number of aliphatic hydroxyl groups is 1. The standard InChI is InChI=1S/C28H38N3O5PS/c1-37(34,23-6-2-3-7-23)24-8-4-5-21(19-24)29-27(33)25-10-9-22(30-38(35,36)18-17-32)20-26(25)31-15-13-28(11-12-28)14-16-31/h4-5,8-10,19-20,23,30,32H,2-3,6-7,11-18H2,1H3,(H,29,33). The number of hydrogen-bond donors (Lipinski definition) is 3. The molecule has 1 amide bonds. The second-order valence-corrected chi connectivity index (χ2v) is 16.4. The normalized spacial score (nSPS) is 20.7. The Morgan fingerprint density at radius 2 is 1.76 bits per heavy atom. The highest BCUT2D eigenvalue weighted by molar-refractivity contribution is 7.92. The van der Waals surface area contributed by atoms with Crippen molar-refractivity contribution in [3.8, 4) is 0 Å². The zero-order valence-electron chi connectivity index (χ0n) is 22.0. The van der Waals surface area contributed by atoms with Gasteiger partial charge < -0.3 is 19.9 Å². The van der Waals surface area contributed by atoms with Gasteiger partial charge in [0, 0.05) is 29.7 Å². The van der Waals surface area contributed by atoms with E-state index in [-0.39, 0.29) is 11.6 Å². The van der Waals surface area contributed by atoms with E-state index in [2.05, 4.69) is 14.9 Å². The molecule has 5 rings (SSSR count). The maximum absolute atomic E-state index is 13.7. The molecule has 3 fully saturated rings. The third kappa shape index (κ3) is 5.95. The van der Waals surface area contributed by atoms with E-state index in [1.807, 2.05) is 30.9 Å². The van der Waals surface area contributed by atoms with E-state index in [4.69, 9.17) is 5.11 Å². The van der Waals surface area contributed by atoms with Crippen LogP contribution >= 0.6 is 7.14 Å². The summed E-state index contributed by atoms with van der Waals surface area (Å²) in [4.78, 5) is 15.7. The van der Waals surface area contributed by atoms with Gasteiger partial charge in [-0.15, -0.1) is 0 Å². The van der Waals surface area contributed by atoms with Crippen molar-refractivity contribution < 1.29 is 22.9 Å². The Morgan fingerprint density at radius 1 is 1.05 bits per heavy atom. The van der Waals surface area contributed by atoms with Crippen LogP contribution in [0.25, 0.3) is 0 Å². The number of amides is 1. The lowest BCUT2D eigenvalue weighted by Gasteiger charge is -2.35. The molecule has 0 aromatic heterocycles. The Morgan fingerprint density at radius 3 is 2.42 bits per heavy atom. The summed E-state index contributed by atoms with van der Waals surface area (Å²) in [5.41, 5.74) is 2.76. The fraction of sp³-hybridized carbons (Fsp3) is 0.536. The highest BCUT2D eigenvalue weighted by atomic mass is 32.2. The lowest BCUT2D eigenvalue weighted by Crippen LogP contribution is -2.35. The maximum atomic E-state index is 13.7. The van der Waals surface area contributed by atoms with E-state index in [0.717, 1.165) is 56.9 Å². The van der Waals surface area contributed by atoms with E-state index in [1.54, 1.807) is 18.2 Å². The smallest absolute Gasteiger partial charge is 0.257 e. The summed E-state index contributed by atoms with van der Waals surface area (Å²) in [6, 6.07) is 12.3. The van der Waals surface area contributed by atoms with Gasteiger partial charge in [-0.3, -0.25) is 9.52 Å². The lowest BCUT2D eigenvalue weighted by atomic mass is 9.93. The highest BCUT2D eigenvalue weighted by Gasteiger charge is 2.44. The molecule has 2 aromatic rings. The molecule has 0 bridgehead atoms. The molecular weight excluding hydrogens is 521 g/mol. The Hall–Kier alpha value is -2.35. The summed E-state index contributed by atoms with van der Waals surface area (Å²) in [6.07, 6.45) is 8.84. The maximum Gasteiger partial charge on any atom is 0.257 e. The van der Waals surface area contributed by atoms with Gasteiger partial charge in [0.15, 0.2) is 0 Å². The predicted molar refractivity (Wildman–Crippen MR) is 154 cm³/mol. The van der Waals surface area contributed by atoms with Crippen molar-refractivity contribution in [3.63, 3.8) is 0 Å². The monoisotopic (exact) mass is 559 g/mol. The number of nitrogens with zero attached hydrogens (tertiary/aromatic N) is 1. The number of nitrogens with one attached hydrogen (secondary N) is 2. The largest absolute Gasteiger partial charge is 0.395 e. The Kier molecular flexibility index (Phi) is 7.64. The number of rotatable bonds is 9. The molecule has 1 heterocycles. The van der Waals surface area contributed by atoms with Crippen LogP contribution in [0.1, 0.15) is 61.7 Å². The molecule has 1 unspecified atom stereocenters. The van der Waals surface area contributed by atoms with Crippen LogP contribution in [-0.2, 0) is 14.6 Å². The minimum absolute atomic E-state index is 0.205. The molecule has 10 heteroatoms. The van der Waals surface area contributed by atoms with Crippen LogP contribution in [0.2, 0.25) is 0 Å². The van der Waals surface area contributed by atoms with Crippen LogP contribution in [0.4, 0.5) is 17.1 Å². The van der Waals surface area contributed by atoms with Crippen LogP contribution in [0.3, 0.4) is 0 Å². The van der Waals surface area contributed by atoms with Crippen molar-refractivity contribution in [2.75, 3.05) is 47.1 Å².